The fraction of sp³-hybridized carbons (Fsp3) is 0.821. The number of amides is 1. The number of allylic oxidation sites excluding steroid dienone is 3. The highest BCUT2D eigenvalue weighted by molar-refractivity contribution is 5.76. The highest BCUT2D eigenvalue weighted by atomic mass is 16.7. The van der Waals surface area contributed by atoms with E-state index in [2.05, 4.69) is 24.4 Å². The van der Waals surface area contributed by atoms with Gasteiger partial charge in [-0.25, -0.2) is 0 Å². The van der Waals surface area contributed by atoms with Crippen molar-refractivity contribution in [1.82, 2.24) is 5.32 Å². The Hall–Kier alpha value is -1.33. The van der Waals surface area contributed by atoms with Crippen LogP contribution in [0.4, 0.5) is 0 Å². The number of carbonyl (C=O) groups excluding carboxylic acids is 1. The number of aliphatic hydroxyl groups is 5. The van der Waals surface area contributed by atoms with Gasteiger partial charge in [-0.15, -0.1) is 0 Å². The number of hydrogen-bond acceptors (Lipinski definition) is 8. The molecule has 0 saturated carbocycles. The van der Waals surface area contributed by atoms with Crippen LogP contribution in [-0.2, 0) is 14.3 Å². The fourth-order valence-corrected chi connectivity index (χ4v) is 4.08. The van der Waals surface area contributed by atoms with Crippen LogP contribution in [0.2, 0.25) is 0 Å². The van der Waals surface area contributed by atoms with Gasteiger partial charge in [-0.2, -0.15) is 0 Å². The Balaban J connectivity index is 2.48. The van der Waals surface area contributed by atoms with Gasteiger partial charge in [0.1, 0.15) is 24.4 Å². The molecule has 0 aliphatic carbocycles. The van der Waals surface area contributed by atoms with Crippen molar-refractivity contribution in [2.24, 2.45) is 0 Å². The van der Waals surface area contributed by atoms with E-state index in [9.17, 15) is 30.3 Å². The van der Waals surface area contributed by atoms with Gasteiger partial charge < -0.3 is 40.3 Å². The molecule has 37 heavy (non-hydrogen) atoms. The van der Waals surface area contributed by atoms with E-state index < -0.39 is 49.5 Å². The Morgan fingerprint density at radius 1 is 0.892 bits per heavy atom. The maximum Gasteiger partial charge on any atom is 0.220 e. The molecule has 1 amide bonds. The van der Waals surface area contributed by atoms with Gasteiger partial charge in [-0.05, 0) is 32.1 Å². The van der Waals surface area contributed by atoms with Crippen LogP contribution >= 0.6 is 0 Å². The van der Waals surface area contributed by atoms with Crippen LogP contribution in [0.15, 0.2) is 24.3 Å². The molecule has 1 rings (SSSR count). The van der Waals surface area contributed by atoms with Gasteiger partial charge in [-0.1, -0.05) is 76.7 Å². The normalized spacial score (nSPS) is 26.1. The van der Waals surface area contributed by atoms with Crippen LogP contribution in [0, 0.1) is 0 Å². The first-order valence-corrected chi connectivity index (χ1v) is 14.1. The number of nitrogens with one attached hydrogen (secondary N) is 1. The average Bonchev–Trinajstić information content (AvgIpc) is 2.89. The van der Waals surface area contributed by atoms with Crippen molar-refractivity contribution >= 4 is 5.91 Å². The molecule has 6 N–H and O–H groups in total. The van der Waals surface area contributed by atoms with Crippen molar-refractivity contribution < 1.29 is 39.8 Å². The summed E-state index contributed by atoms with van der Waals surface area (Å²) in [5.41, 5.74) is 0. The summed E-state index contributed by atoms with van der Waals surface area (Å²) in [5.74, 6) is -0.204. The Morgan fingerprint density at radius 3 is 2.24 bits per heavy atom. The van der Waals surface area contributed by atoms with Crippen molar-refractivity contribution in [1.29, 1.82) is 0 Å². The lowest BCUT2D eigenvalue weighted by Gasteiger charge is -2.40. The minimum Gasteiger partial charge on any atom is -0.394 e. The SMILES string of the molecule is CCC/C=C/C(O)C(COC1OC(CO)C(O)C(O)C1O)NC(=O)CCCCCCC/C=C\CCCC. The van der Waals surface area contributed by atoms with Crippen LogP contribution in [0.1, 0.15) is 90.9 Å². The molecule has 0 aromatic heterocycles. The molecular formula is C28H51NO8. The highest BCUT2D eigenvalue weighted by Gasteiger charge is 2.44. The molecule has 7 atom stereocenters. The second kappa shape index (κ2) is 20.6. The fourth-order valence-electron chi connectivity index (χ4n) is 4.08. The van der Waals surface area contributed by atoms with E-state index in [4.69, 9.17) is 9.47 Å². The average molecular weight is 530 g/mol. The van der Waals surface area contributed by atoms with Gasteiger partial charge in [0.25, 0.3) is 0 Å². The number of ether oxygens (including phenoxy) is 2. The predicted octanol–water partition coefficient (Wildman–Crippen LogP) is 2.48. The summed E-state index contributed by atoms with van der Waals surface area (Å²) < 4.78 is 10.9. The third-order valence-corrected chi connectivity index (χ3v) is 6.50. The molecule has 0 aromatic rings. The van der Waals surface area contributed by atoms with E-state index in [0.29, 0.717) is 6.42 Å². The Bertz CT molecular complexity index is 642. The maximum absolute atomic E-state index is 12.6. The number of carbonyl (C=O) groups is 1. The minimum absolute atomic E-state index is 0.197. The largest absolute Gasteiger partial charge is 0.394 e. The quantitative estimate of drug-likeness (QED) is 0.104. The third-order valence-electron chi connectivity index (χ3n) is 6.50. The third kappa shape index (κ3) is 13.9. The summed E-state index contributed by atoms with van der Waals surface area (Å²) in [6.45, 7) is 3.45. The van der Waals surface area contributed by atoms with E-state index in [1.165, 1.54) is 12.8 Å². The van der Waals surface area contributed by atoms with E-state index in [1.54, 1.807) is 6.08 Å². The van der Waals surface area contributed by atoms with Gasteiger partial charge in [0.15, 0.2) is 6.29 Å². The maximum atomic E-state index is 12.6. The van der Waals surface area contributed by atoms with Crippen LogP contribution in [0.5, 0.6) is 0 Å². The zero-order valence-electron chi connectivity index (χ0n) is 22.7. The molecule has 216 valence electrons. The Morgan fingerprint density at radius 2 is 1.57 bits per heavy atom. The van der Waals surface area contributed by atoms with Crippen LogP contribution < -0.4 is 5.32 Å². The second-order valence-corrected chi connectivity index (χ2v) is 9.83. The van der Waals surface area contributed by atoms with Gasteiger partial charge in [0.2, 0.25) is 5.91 Å². The monoisotopic (exact) mass is 529 g/mol. The molecule has 9 heteroatoms. The number of unbranched alkanes of at least 4 members (excludes halogenated alkanes) is 8. The lowest BCUT2D eigenvalue weighted by molar-refractivity contribution is -0.302. The van der Waals surface area contributed by atoms with Crippen molar-refractivity contribution in [3.8, 4) is 0 Å². The van der Waals surface area contributed by atoms with E-state index in [0.717, 1.165) is 57.8 Å². The van der Waals surface area contributed by atoms with Gasteiger partial charge in [0.05, 0.1) is 25.4 Å². The predicted molar refractivity (Wildman–Crippen MR) is 143 cm³/mol. The molecule has 1 aliphatic rings. The van der Waals surface area contributed by atoms with E-state index in [-0.39, 0.29) is 12.5 Å². The summed E-state index contributed by atoms with van der Waals surface area (Å²) in [6, 6.07) is -0.799. The van der Waals surface area contributed by atoms with E-state index in [1.807, 2.05) is 13.0 Å². The van der Waals surface area contributed by atoms with Gasteiger partial charge >= 0.3 is 0 Å². The summed E-state index contributed by atoms with van der Waals surface area (Å²) in [5, 5.41) is 52.8. The zero-order chi connectivity index (χ0) is 27.5. The van der Waals surface area contributed by atoms with Crippen LogP contribution in [0.3, 0.4) is 0 Å². The van der Waals surface area contributed by atoms with Crippen molar-refractivity contribution in [2.45, 2.75) is 134 Å². The molecule has 0 spiro atoms. The molecule has 0 radical (unpaired) electrons. The minimum atomic E-state index is -1.56. The molecule has 7 unspecified atom stereocenters. The first-order valence-electron chi connectivity index (χ1n) is 14.1. The second-order valence-electron chi connectivity index (χ2n) is 9.83. The number of aliphatic hydroxyl groups excluding tert-OH is 5. The number of rotatable bonds is 20. The van der Waals surface area contributed by atoms with Crippen molar-refractivity contribution in [2.75, 3.05) is 13.2 Å². The Kier molecular flexibility index (Phi) is 18.8. The molecule has 0 aromatic carbocycles. The highest BCUT2D eigenvalue weighted by Crippen LogP contribution is 2.22. The van der Waals surface area contributed by atoms with Gasteiger partial charge in [0, 0.05) is 6.42 Å². The topological polar surface area (TPSA) is 149 Å². The molecule has 0 bridgehead atoms. The van der Waals surface area contributed by atoms with E-state index >= 15 is 0 Å². The number of hydrogen-bond donors (Lipinski definition) is 6. The lowest BCUT2D eigenvalue weighted by atomic mass is 9.99. The van der Waals surface area contributed by atoms with Gasteiger partial charge in [-0.3, -0.25) is 4.79 Å². The van der Waals surface area contributed by atoms with Crippen LogP contribution in [-0.4, -0.2) is 87.5 Å². The summed E-state index contributed by atoms with van der Waals surface area (Å²) in [6.07, 6.45) is 11.7. The first kappa shape index (κ1) is 33.7. The van der Waals surface area contributed by atoms with Crippen LogP contribution in [0.25, 0.3) is 0 Å². The van der Waals surface area contributed by atoms with Crippen molar-refractivity contribution in [3.05, 3.63) is 24.3 Å². The molecule has 1 heterocycles. The smallest absolute Gasteiger partial charge is 0.220 e. The van der Waals surface area contributed by atoms with Crippen molar-refractivity contribution in [3.63, 3.8) is 0 Å². The molecule has 9 nitrogen and oxygen atoms in total. The first-order chi connectivity index (χ1) is 17.8. The molecule has 1 fully saturated rings. The lowest BCUT2D eigenvalue weighted by Crippen LogP contribution is -2.60. The summed E-state index contributed by atoms with van der Waals surface area (Å²) >= 11 is 0. The Labute approximate surface area is 222 Å². The summed E-state index contributed by atoms with van der Waals surface area (Å²) in [4.78, 5) is 12.6. The molecule has 1 aliphatic heterocycles. The zero-order valence-corrected chi connectivity index (χ0v) is 22.7. The molecule has 1 saturated heterocycles. The standard InChI is InChI=1S/C28H51NO8/c1-3-5-7-8-9-10-11-12-13-14-16-18-24(32)29-21(22(31)17-15-6-4-2)20-36-28-27(35)26(34)25(33)23(19-30)37-28/h8-9,15,17,21-23,25-28,30-31,33-35H,3-7,10-14,16,18-20H2,1-2H3,(H,29,32)/b9-8-,17-15+. The summed E-state index contributed by atoms with van der Waals surface area (Å²) in [7, 11) is 0. The molecular weight excluding hydrogens is 478 g/mol.